The number of imidazole rings is 1. The maximum absolute atomic E-state index is 6.12. The average molecular weight is 306 g/mol. The largest absolute Gasteiger partial charge is 0.314 e. The fourth-order valence-electron chi connectivity index (χ4n) is 2.66. The maximum Gasteiger partial charge on any atom is 0.125 e. The number of nitrogens with zero attached hydrogens (tertiary/aromatic N) is 3. The number of aryl methyl sites for hydroxylation is 1. The third-order valence-corrected chi connectivity index (χ3v) is 4.91. The number of rotatable bonds is 3. The van der Waals surface area contributed by atoms with Crippen LogP contribution in [-0.2, 0) is 11.4 Å². The normalized spacial score (nSPS) is 12.2. The molecule has 0 saturated heterocycles. The van der Waals surface area contributed by atoms with E-state index in [1.807, 2.05) is 23.7 Å². The number of hydrogen-bond acceptors (Lipinski definition) is 3. The van der Waals surface area contributed by atoms with Crippen LogP contribution in [0, 0.1) is 6.92 Å². The Morgan fingerprint density at radius 2 is 2.15 bits per heavy atom. The van der Waals surface area contributed by atoms with E-state index in [9.17, 15) is 0 Å². The van der Waals surface area contributed by atoms with Gasteiger partial charge in [-0.25, -0.2) is 9.97 Å². The quantitative estimate of drug-likeness (QED) is 0.675. The number of halogens is 1. The lowest BCUT2D eigenvalue weighted by atomic mass is 10.0. The molecule has 5 heteroatoms. The topological polar surface area (TPSA) is 30.7 Å². The van der Waals surface area contributed by atoms with Crippen molar-refractivity contribution in [2.75, 3.05) is 0 Å². The lowest BCUT2D eigenvalue weighted by Crippen LogP contribution is -2.29. The second-order valence-corrected chi connectivity index (χ2v) is 6.50. The number of alkyl halides is 1. The first-order valence-electron chi connectivity index (χ1n) is 6.49. The zero-order chi connectivity index (χ0) is 14.3. The van der Waals surface area contributed by atoms with E-state index in [1.165, 1.54) is 5.56 Å². The van der Waals surface area contributed by atoms with Crippen LogP contribution in [0.1, 0.15) is 30.2 Å². The highest BCUT2D eigenvalue weighted by atomic mass is 35.5. The second kappa shape index (κ2) is 4.86. The molecule has 0 spiro atoms. The molecule has 104 valence electrons. The van der Waals surface area contributed by atoms with E-state index in [2.05, 4.69) is 41.4 Å². The van der Waals surface area contributed by atoms with E-state index in [0.29, 0.717) is 5.88 Å². The first-order chi connectivity index (χ1) is 9.55. The Bertz CT molecular complexity index is 744. The van der Waals surface area contributed by atoms with E-state index in [1.54, 1.807) is 11.3 Å². The zero-order valence-electron chi connectivity index (χ0n) is 11.7. The molecule has 1 aromatic carbocycles. The van der Waals surface area contributed by atoms with Crippen molar-refractivity contribution in [1.29, 1.82) is 0 Å². The second-order valence-electron chi connectivity index (χ2n) is 5.34. The van der Waals surface area contributed by atoms with Crippen molar-refractivity contribution in [3.8, 4) is 0 Å². The molecule has 3 rings (SSSR count). The number of benzene rings is 1. The summed E-state index contributed by atoms with van der Waals surface area (Å²) in [7, 11) is 0. The minimum atomic E-state index is -0.265. The van der Waals surface area contributed by atoms with Gasteiger partial charge in [0.1, 0.15) is 10.8 Å². The van der Waals surface area contributed by atoms with Crippen molar-refractivity contribution in [2.45, 2.75) is 32.2 Å². The molecule has 0 amide bonds. The molecule has 0 aliphatic carbocycles. The molecular weight excluding hydrogens is 290 g/mol. The summed E-state index contributed by atoms with van der Waals surface area (Å²) in [5, 5.41) is 3.06. The van der Waals surface area contributed by atoms with E-state index >= 15 is 0 Å². The minimum absolute atomic E-state index is 0.265. The summed E-state index contributed by atoms with van der Waals surface area (Å²) in [5.74, 6) is 1.28. The molecule has 0 radical (unpaired) electrons. The SMILES string of the molecule is Cc1cccc2nc(CCl)n(C(C)(C)c3nccs3)c12. The van der Waals surface area contributed by atoms with E-state index in [0.717, 1.165) is 21.9 Å². The molecule has 0 atom stereocenters. The predicted molar refractivity (Wildman–Crippen MR) is 84.6 cm³/mol. The van der Waals surface area contributed by atoms with Gasteiger partial charge in [-0.15, -0.1) is 22.9 Å². The van der Waals surface area contributed by atoms with Gasteiger partial charge in [-0.1, -0.05) is 12.1 Å². The summed E-state index contributed by atoms with van der Waals surface area (Å²) in [6.07, 6.45) is 1.84. The van der Waals surface area contributed by atoms with Crippen LogP contribution in [0.5, 0.6) is 0 Å². The van der Waals surface area contributed by atoms with Gasteiger partial charge in [-0.2, -0.15) is 0 Å². The average Bonchev–Trinajstić information content (AvgIpc) is 3.06. The highest BCUT2D eigenvalue weighted by molar-refractivity contribution is 7.09. The van der Waals surface area contributed by atoms with Crippen LogP contribution in [0.4, 0.5) is 0 Å². The van der Waals surface area contributed by atoms with Crippen molar-refractivity contribution < 1.29 is 0 Å². The van der Waals surface area contributed by atoms with E-state index in [-0.39, 0.29) is 5.54 Å². The predicted octanol–water partition coefficient (Wildman–Crippen LogP) is 4.32. The Hall–Kier alpha value is -1.39. The molecule has 3 nitrogen and oxygen atoms in total. The third kappa shape index (κ3) is 1.95. The highest BCUT2D eigenvalue weighted by Gasteiger charge is 2.30. The molecule has 0 unspecified atom stereocenters. The molecule has 0 fully saturated rings. The van der Waals surface area contributed by atoms with Crippen LogP contribution >= 0.6 is 22.9 Å². The van der Waals surface area contributed by atoms with Crippen LogP contribution in [-0.4, -0.2) is 14.5 Å². The van der Waals surface area contributed by atoms with Gasteiger partial charge < -0.3 is 4.57 Å². The van der Waals surface area contributed by atoms with Crippen LogP contribution < -0.4 is 0 Å². The van der Waals surface area contributed by atoms with Crippen molar-refractivity contribution in [3.05, 3.63) is 46.2 Å². The Kier molecular flexibility index (Phi) is 3.30. The summed E-state index contributed by atoms with van der Waals surface area (Å²) in [6.45, 7) is 6.43. The Labute approximate surface area is 127 Å². The fraction of sp³-hybridized carbons (Fsp3) is 0.333. The first-order valence-corrected chi connectivity index (χ1v) is 7.90. The highest BCUT2D eigenvalue weighted by Crippen LogP contribution is 2.34. The molecule has 0 saturated carbocycles. The van der Waals surface area contributed by atoms with Gasteiger partial charge in [0.25, 0.3) is 0 Å². The summed E-state index contributed by atoms with van der Waals surface area (Å²) in [4.78, 5) is 9.16. The molecule has 0 N–H and O–H groups in total. The molecule has 0 aliphatic rings. The van der Waals surface area contributed by atoms with Gasteiger partial charge in [0.05, 0.1) is 22.5 Å². The van der Waals surface area contributed by atoms with Crippen LogP contribution in [0.2, 0.25) is 0 Å². The standard InChI is InChI=1S/C15H16ClN3S/c1-10-5-4-6-11-13(10)19(12(9-16)18-11)15(2,3)14-17-7-8-20-14/h4-8H,9H2,1-3H3. The maximum atomic E-state index is 6.12. The van der Waals surface area contributed by atoms with Gasteiger partial charge in [0, 0.05) is 11.6 Å². The summed E-state index contributed by atoms with van der Waals surface area (Å²) < 4.78 is 2.23. The Balaban J connectivity index is 2.35. The molecule has 2 heterocycles. The van der Waals surface area contributed by atoms with Crippen molar-refractivity contribution in [2.24, 2.45) is 0 Å². The van der Waals surface area contributed by atoms with E-state index < -0.39 is 0 Å². The molecule has 0 bridgehead atoms. The molecular formula is C15H16ClN3S. The molecule has 2 aromatic heterocycles. The number of para-hydroxylation sites is 1. The molecule has 3 aromatic rings. The summed E-state index contributed by atoms with van der Waals surface area (Å²) >= 11 is 7.78. The summed E-state index contributed by atoms with van der Waals surface area (Å²) in [5.41, 5.74) is 3.07. The van der Waals surface area contributed by atoms with Gasteiger partial charge >= 0.3 is 0 Å². The number of thiazole rings is 1. The van der Waals surface area contributed by atoms with Crippen LogP contribution in [0.15, 0.2) is 29.8 Å². The third-order valence-electron chi connectivity index (χ3n) is 3.58. The monoisotopic (exact) mass is 305 g/mol. The van der Waals surface area contributed by atoms with Crippen LogP contribution in [0.3, 0.4) is 0 Å². The Morgan fingerprint density at radius 3 is 2.80 bits per heavy atom. The van der Waals surface area contributed by atoms with Crippen molar-refractivity contribution in [1.82, 2.24) is 14.5 Å². The van der Waals surface area contributed by atoms with E-state index in [4.69, 9.17) is 11.6 Å². The van der Waals surface area contributed by atoms with Crippen molar-refractivity contribution >= 4 is 34.0 Å². The number of fused-ring (bicyclic) bond motifs is 1. The Morgan fingerprint density at radius 1 is 1.35 bits per heavy atom. The minimum Gasteiger partial charge on any atom is -0.314 e. The smallest absolute Gasteiger partial charge is 0.125 e. The molecule has 20 heavy (non-hydrogen) atoms. The zero-order valence-corrected chi connectivity index (χ0v) is 13.3. The molecule has 0 aliphatic heterocycles. The number of hydrogen-bond donors (Lipinski definition) is 0. The van der Waals surface area contributed by atoms with Gasteiger partial charge in [-0.05, 0) is 32.4 Å². The fourth-order valence-corrected chi connectivity index (χ4v) is 3.59. The number of aromatic nitrogens is 3. The summed E-state index contributed by atoms with van der Waals surface area (Å²) in [6, 6.07) is 6.17. The van der Waals surface area contributed by atoms with Gasteiger partial charge in [-0.3, -0.25) is 0 Å². The lowest BCUT2D eigenvalue weighted by molar-refractivity contribution is 0.434. The van der Waals surface area contributed by atoms with Crippen LogP contribution in [0.25, 0.3) is 11.0 Å². The first kappa shape index (κ1) is 13.6. The van der Waals surface area contributed by atoms with Gasteiger partial charge in [0.15, 0.2) is 0 Å². The van der Waals surface area contributed by atoms with Gasteiger partial charge in [0.2, 0.25) is 0 Å². The lowest BCUT2D eigenvalue weighted by Gasteiger charge is -2.27. The van der Waals surface area contributed by atoms with Crippen molar-refractivity contribution in [3.63, 3.8) is 0 Å².